The Kier molecular flexibility index (Phi) is 3.76. The Balaban J connectivity index is 1.60. The van der Waals surface area contributed by atoms with Crippen LogP contribution in [-0.2, 0) is 4.74 Å². The van der Waals surface area contributed by atoms with Gasteiger partial charge >= 0.3 is 0 Å². The van der Waals surface area contributed by atoms with Gasteiger partial charge in [-0.1, -0.05) is 0 Å². The van der Waals surface area contributed by atoms with E-state index >= 15 is 0 Å². The van der Waals surface area contributed by atoms with Gasteiger partial charge in [-0.3, -0.25) is 0 Å². The molecule has 0 bridgehead atoms. The van der Waals surface area contributed by atoms with Gasteiger partial charge < -0.3 is 21.1 Å². The topological polar surface area (TPSA) is 120 Å². The molecule has 4 aromatic rings. The zero-order chi connectivity index (χ0) is 19.3. The first-order valence-corrected chi connectivity index (χ1v) is 9.11. The summed E-state index contributed by atoms with van der Waals surface area (Å²) in [6.07, 6.45) is 5.51. The zero-order valence-electron chi connectivity index (χ0n) is 15.4. The van der Waals surface area contributed by atoms with Crippen LogP contribution in [0.1, 0.15) is 6.92 Å². The third kappa shape index (κ3) is 2.76. The third-order valence-corrected chi connectivity index (χ3v) is 4.99. The van der Waals surface area contributed by atoms with Crippen LogP contribution in [0.15, 0.2) is 36.8 Å². The maximum Gasteiger partial charge on any atom is 0.184 e. The Morgan fingerprint density at radius 3 is 2.89 bits per heavy atom. The Bertz CT molecular complexity index is 1190. The summed E-state index contributed by atoms with van der Waals surface area (Å²) < 4.78 is 7.42. The van der Waals surface area contributed by atoms with Crippen molar-refractivity contribution in [2.75, 3.05) is 36.1 Å². The molecule has 5 heterocycles. The fourth-order valence-electron chi connectivity index (χ4n) is 3.58. The van der Waals surface area contributed by atoms with E-state index in [0.717, 1.165) is 47.4 Å². The summed E-state index contributed by atoms with van der Waals surface area (Å²) in [6, 6.07) is 5.80. The van der Waals surface area contributed by atoms with Gasteiger partial charge in [-0.25, -0.2) is 19.5 Å². The van der Waals surface area contributed by atoms with E-state index in [2.05, 4.69) is 37.9 Å². The number of ether oxygens (including phenoxy) is 1. The number of hydrogen-bond donors (Lipinski definition) is 2. The molecule has 0 spiro atoms. The molecule has 142 valence electrons. The van der Waals surface area contributed by atoms with Gasteiger partial charge in [-0.2, -0.15) is 0 Å². The van der Waals surface area contributed by atoms with Crippen LogP contribution in [0, 0.1) is 0 Å². The summed E-state index contributed by atoms with van der Waals surface area (Å²) in [6.45, 7) is 4.51. The Hall–Kier alpha value is -3.46. The van der Waals surface area contributed by atoms with E-state index in [1.54, 1.807) is 23.0 Å². The molecule has 28 heavy (non-hydrogen) atoms. The number of nitrogen functional groups attached to an aromatic ring is 2. The number of morpholine rings is 1. The van der Waals surface area contributed by atoms with E-state index in [1.807, 2.05) is 12.3 Å². The predicted octanol–water partition coefficient (Wildman–Crippen LogP) is 1.73. The van der Waals surface area contributed by atoms with Gasteiger partial charge in [-0.15, -0.1) is 5.10 Å². The lowest BCUT2D eigenvalue weighted by Crippen LogP contribution is -2.41. The number of pyridine rings is 3. The van der Waals surface area contributed by atoms with E-state index in [0.29, 0.717) is 17.5 Å². The lowest BCUT2D eigenvalue weighted by atomic mass is 10.1. The minimum Gasteiger partial charge on any atom is -0.384 e. The van der Waals surface area contributed by atoms with Crippen LogP contribution < -0.4 is 16.4 Å². The minimum atomic E-state index is 0.210. The van der Waals surface area contributed by atoms with Gasteiger partial charge in [0, 0.05) is 41.8 Å². The minimum absolute atomic E-state index is 0.210. The van der Waals surface area contributed by atoms with Gasteiger partial charge in [-0.05, 0) is 25.1 Å². The van der Waals surface area contributed by atoms with Gasteiger partial charge in [0.1, 0.15) is 11.6 Å². The lowest BCUT2D eigenvalue weighted by molar-refractivity contribution is 0.0532. The molecule has 9 heteroatoms. The third-order valence-electron chi connectivity index (χ3n) is 4.99. The molecule has 1 atom stereocenters. The van der Waals surface area contributed by atoms with Crippen LogP contribution in [0.3, 0.4) is 0 Å². The zero-order valence-corrected chi connectivity index (χ0v) is 15.4. The highest BCUT2D eigenvalue weighted by Gasteiger charge is 2.18. The van der Waals surface area contributed by atoms with Crippen molar-refractivity contribution in [1.82, 2.24) is 24.6 Å². The summed E-state index contributed by atoms with van der Waals surface area (Å²) in [4.78, 5) is 15.3. The predicted molar refractivity (Wildman–Crippen MR) is 108 cm³/mol. The first kappa shape index (κ1) is 16.7. The van der Waals surface area contributed by atoms with Crippen LogP contribution in [0.4, 0.5) is 17.3 Å². The standard InChI is InChI=1S/C19H20N8O/c1-11-9-26(4-5-28-11)12-2-3-17-24-19(25-27(17)10-12)15-8-23-18(21)14-7-22-16(20)6-13(14)15/h2-3,6-8,10-11H,4-5,9H2,1H3,(H2,20,22)(H2,21,23). The fourth-order valence-corrected chi connectivity index (χ4v) is 3.58. The number of fused-ring (bicyclic) bond motifs is 2. The van der Waals surface area contributed by atoms with Gasteiger partial charge in [0.2, 0.25) is 0 Å². The SMILES string of the molecule is CC1CN(c2ccc3nc(-c4cnc(N)c5cnc(N)cc45)nn3c2)CCO1. The molecular weight excluding hydrogens is 356 g/mol. The molecule has 4 N–H and O–H groups in total. The van der Waals surface area contributed by atoms with Gasteiger partial charge in [0.05, 0.1) is 24.6 Å². The lowest BCUT2D eigenvalue weighted by Gasteiger charge is -2.32. The molecule has 1 aliphatic heterocycles. The number of aromatic nitrogens is 5. The van der Waals surface area contributed by atoms with Gasteiger partial charge in [0.25, 0.3) is 0 Å². The normalized spacial score (nSPS) is 17.5. The highest BCUT2D eigenvalue weighted by atomic mass is 16.5. The Labute approximate surface area is 161 Å². The Morgan fingerprint density at radius 1 is 1.14 bits per heavy atom. The molecular formula is C19H20N8O. The van der Waals surface area contributed by atoms with Crippen molar-refractivity contribution in [3.63, 3.8) is 0 Å². The molecule has 0 saturated carbocycles. The average molecular weight is 376 g/mol. The molecule has 0 aromatic carbocycles. The summed E-state index contributed by atoms with van der Waals surface area (Å²) in [5, 5.41) is 6.23. The number of rotatable bonds is 2. The fraction of sp³-hybridized carbons (Fsp3) is 0.263. The maximum atomic E-state index is 5.99. The molecule has 0 radical (unpaired) electrons. The second kappa shape index (κ2) is 6.31. The molecule has 5 rings (SSSR count). The second-order valence-electron chi connectivity index (χ2n) is 6.96. The number of nitrogens with zero attached hydrogens (tertiary/aromatic N) is 6. The smallest absolute Gasteiger partial charge is 0.184 e. The van der Waals surface area contributed by atoms with Crippen LogP contribution in [0.5, 0.6) is 0 Å². The monoisotopic (exact) mass is 376 g/mol. The number of hydrogen-bond acceptors (Lipinski definition) is 8. The van der Waals surface area contributed by atoms with Crippen LogP contribution >= 0.6 is 0 Å². The van der Waals surface area contributed by atoms with Crippen LogP contribution in [-0.4, -0.2) is 50.4 Å². The molecule has 9 nitrogen and oxygen atoms in total. The quantitative estimate of drug-likeness (QED) is 0.543. The molecule has 1 saturated heterocycles. The molecule has 4 aromatic heterocycles. The summed E-state index contributed by atoms with van der Waals surface area (Å²) in [7, 11) is 0. The highest BCUT2D eigenvalue weighted by molar-refractivity contribution is 6.00. The van der Waals surface area contributed by atoms with E-state index < -0.39 is 0 Å². The van der Waals surface area contributed by atoms with E-state index in [-0.39, 0.29) is 6.10 Å². The van der Waals surface area contributed by atoms with Crippen molar-refractivity contribution in [1.29, 1.82) is 0 Å². The van der Waals surface area contributed by atoms with E-state index in [1.165, 1.54) is 0 Å². The maximum absolute atomic E-state index is 5.99. The number of anilines is 3. The van der Waals surface area contributed by atoms with Gasteiger partial charge in [0.15, 0.2) is 11.5 Å². The number of nitrogens with two attached hydrogens (primary N) is 2. The van der Waals surface area contributed by atoms with E-state index in [4.69, 9.17) is 16.2 Å². The summed E-state index contributed by atoms with van der Waals surface area (Å²) >= 11 is 0. The van der Waals surface area contributed by atoms with Crippen molar-refractivity contribution in [3.05, 3.63) is 36.8 Å². The van der Waals surface area contributed by atoms with E-state index in [9.17, 15) is 0 Å². The Morgan fingerprint density at radius 2 is 2.04 bits per heavy atom. The largest absolute Gasteiger partial charge is 0.384 e. The molecule has 0 amide bonds. The van der Waals surface area contributed by atoms with Crippen molar-refractivity contribution in [3.8, 4) is 11.4 Å². The summed E-state index contributed by atoms with van der Waals surface area (Å²) in [5.74, 6) is 1.38. The molecule has 0 aliphatic carbocycles. The first-order valence-electron chi connectivity index (χ1n) is 9.11. The van der Waals surface area contributed by atoms with Crippen LogP contribution in [0.2, 0.25) is 0 Å². The van der Waals surface area contributed by atoms with Crippen molar-refractivity contribution in [2.45, 2.75) is 13.0 Å². The molecule has 1 fully saturated rings. The van der Waals surface area contributed by atoms with Crippen molar-refractivity contribution < 1.29 is 4.74 Å². The van der Waals surface area contributed by atoms with Crippen LogP contribution in [0.25, 0.3) is 27.8 Å². The molecule has 1 unspecified atom stereocenters. The first-order chi connectivity index (χ1) is 13.6. The van der Waals surface area contributed by atoms with Crippen molar-refractivity contribution in [2.24, 2.45) is 0 Å². The average Bonchev–Trinajstić information content (AvgIpc) is 3.11. The molecule has 1 aliphatic rings. The summed E-state index contributed by atoms with van der Waals surface area (Å²) in [5.41, 5.74) is 14.5. The highest BCUT2D eigenvalue weighted by Crippen LogP contribution is 2.30. The van der Waals surface area contributed by atoms with Crippen molar-refractivity contribution >= 4 is 33.7 Å². The second-order valence-corrected chi connectivity index (χ2v) is 6.96.